The van der Waals surface area contributed by atoms with Gasteiger partial charge in [0.15, 0.2) is 0 Å². The van der Waals surface area contributed by atoms with Crippen molar-refractivity contribution in [2.45, 2.75) is 20.8 Å². The van der Waals surface area contributed by atoms with Crippen molar-refractivity contribution in [3.63, 3.8) is 0 Å². The Morgan fingerprint density at radius 3 is 2.12 bits per heavy atom. The third kappa shape index (κ3) is 2.06. The number of hydrogen-bond donors (Lipinski definition) is 0. The second kappa shape index (κ2) is 3.59. The van der Waals surface area contributed by atoms with E-state index in [4.69, 9.17) is 0 Å². The van der Waals surface area contributed by atoms with Gasteiger partial charge in [0, 0.05) is 0 Å². The van der Waals surface area contributed by atoms with Crippen LogP contribution in [0, 0.1) is 0 Å². The summed E-state index contributed by atoms with van der Waals surface area (Å²) in [5, 5.41) is 0. The quantitative estimate of drug-likeness (QED) is 0.453. The van der Waals surface area contributed by atoms with E-state index in [-0.39, 0.29) is 0 Å². The molecule has 0 saturated carbocycles. The summed E-state index contributed by atoms with van der Waals surface area (Å²) in [6.45, 7) is 5.52. The molecule has 44 valence electrons. The zero-order valence-corrected chi connectivity index (χ0v) is 5.53. The van der Waals surface area contributed by atoms with E-state index in [0.29, 0.717) is 12.7 Å². The Balaban J connectivity index is 4.04. The number of rotatable bonds is 1. The first kappa shape index (κ1) is 7.60. The molecule has 0 aromatic rings. The third-order valence-corrected chi connectivity index (χ3v) is 1.22. The van der Waals surface area contributed by atoms with Crippen molar-refractivity contribution in [3.05, 3.63) is 11.6 Å². The van der Waals surface area contributed by atoms with Gasteiger partial charge < -0.3 is 0 Å². The topological polar surface area (TPSA) is 0 Å². The van der Waals surface area contributed by atoms with Crippen LogP contribution >= 0.6 is 0 Å². The molecule has 0 atom stereocenters. The SMILES string of the molecule is C/C=C(C)\C(C)=B/F. The molecule has 0 saturated heterocycles. The maximum atomic E-state index is 11.6. The maximum absolute atomic E-state index is 11.6. The standard InChI is InChI=1S/C6H10BF/c1-4-5(2)6(3)7-8/h4H,1-3H3/b5-4-. The van der Waals surface area contributed by atoms with Crippen LogP contribution in [0.4, 0.5) is 4.32 Å². The second-order valence-electron chi connectivity index (χ2n) is 1.76. The van der Waals surface area contributed by atoms with Crippen LogP contribution in [0.3, 0.4) is 0 Å². The monoisotopic (exact) mass is 112 g/mol. The molecule has 0 aromatic carbocycles. The van der Waals surface area contributed by atoms with Gasteiger partial charge in [0.2, 0.25) is 0 Å². The molecular formula is C6H10BF. The van der Waals surface area contributed by atoms with Crippen molar-refractivity contribution in [1.29, 1.82) is 0 Å². The molecule has 0 heterocycles. The molecule has 0 amide bonds. The zero-order chi connectivity index (χ0) is 6.57. The van der Waals surface area contributed by atoms with Crippen LogP contribution in [0.5, 0.6) is 0 Å². The van der Waals surface area contributed by atoms with Crippen LogP contribution in [0.25, 0.3) is 0 Å². The summed E-state index contributed by atoms with van der Waals surface area (Å²) in [4.78, 5) is 0. The van der Waals surface area contributed by atoms with Gasteiger partial charge in [-0.05, 0) is 0 Å². The molecule has 0 radical (unpaired) electrons. The predicted molar refractivity (Wildman–Crippen MR) is 37.0 cm³/mol. The Labute approximate surface area is 50.4 Å². The summed E-state index contributed by atoms with van der Waals surface area (Å²) in [6, 6.07) is 0. The number of hydrogen-bond acceptors (Lipinski definition) is 0. The zero-order valence-electron chi connectivity index (χ0n) is 5.53. The summed E-state index contributed by atoms with van der Waals surface area (Å²) in [5.41, 5.74) is 1.69. The van der Waals surface area contributed by atoms with Crippen LogP contribution in [0.2, 0.25) is 0 Å². The van der Waals surface area contributed by atoms with Gasteiger partial charge in [-0.25, -0.2) is 0 Å². The summed E-state index contributed by atoms with van der Waals surface area (Å²) >= 11 is 0. The normalized spacial score (nSPS) is 13.5. The Kier molecular flexibility index (Phi) is 3.41. The van der Waals surface area contributed by atoms with Gasteiger partial charge in [0.25, 0.3) is 0 Å². The fourth-order valence-electron chi connectivity index (χ4n) is 0.314. The van der Waals surface area contributed by atoms with Crippen LogP contribution in [0.1, 0.15) is 20.8 Å². The summed E-state index contributed by atoms with van der Waals surface area (Å²) < 4.78 is 11.6. The van der Waals surface area contributed by atoms with Crippen molar-refractivity contribution in [2.24, 2.45) is 0 Å². The molecule has 0 N–H and O–H groups in total. The van der Waals surface area contributed by atoms with Gasteiger partial charge in [0.05, 0.1) is 0 Å². The van der Waals surface area contributed by atoms with Crippen LogP contribution in [0.15, 0.2) is 11.6 Å². The molecule has 0 aliphatic carbocycles. The Morgan fingerprint density at radius 1 is 1.50 bits per heavy atom. The third-order valence-electron chi connectivity index (χ3n) is 1.22. The molecule has 0 nitrogen and oxygen atoms in total. The molecular weight excluding hydrogens is 102 g/mol. The van der Waals surface area contributed by atoms with E-state index in [9.17, 15) is 4.32 Å². The van der Waals surface area contributed by atoms with E-state index in [2.05, 4.69) is 0 Å². The van der Waals surface area contributed by atoms with Crippen LogP contribution in [-0.2, 0) is 0 Å². The molecule has 0 rings (SSSR count). The Morgan fingerprint density at radius 2 is 2.00 bits per heavy atom. The Bertz CT molecular complexity index is 108. The minimum absolute atomic E-state index is 0.620. The van der Waals surface area contributed by atoms with Gasteiger partial charge in [-0.1, -0.05) is 0 Å². The molecule has 0 aliphatic rings. The van der Waals surface area contributed by atoms with E-state index >= 15 is 0 Å². The molecule has 0 fully saturated rings. The van der Waals surface area contributed by atoms with Crippen molar-refractivity contribution in [3.8, 4) is 0 Å². The predicted octanol–water partition coefficient (Wildman–Crippen LogP) is 1.73. The molecule has 0 unspecified atom stereocenters. The first-order valence-electron chi connectivity index (χ1n) is 2.62. The van der Waals surface area contributed by atoms with E-state index in [0.717, 1.165) is 5.57 Å². The van der Waals surface area contributed by atoms with Gasteiger partial charge in [-0.15, -0.1) is 0 Å². The molecule has 0 spiro atoms. The Hall–Kier alpha value is -0.395. The van der Waals surface area contributed by atoms with Crippen molar-refractivity contribution < 1.29 is 4.32 Å². The van der Waals surface area contributed by atoms with E-state index in [1.807, 2.05) is 19.9 Å². The molecule has 2 heteroatoms. The number of allylic oxidation sites excluding steroid dienone is 2. The second-order valence-corrected chi connectivity index (χ2v) is 1.76. The summed E-state index contributed by atoms with van der Waals surface area (Å²) in [7, 11) is 0.620. The number of halogens is 1. The van der Waals surface area contributed by atoms with Gasteiger partial charge in [-0.3, -0.25) is 0 Å². The molecule has 8 heavy (non-hydrogen) atoms. The van der Waals surface area contributed by atoms with E-state index < -0.39 is 0 Å². The average molecular weight is 112 g/mol. The minimum atomic E-state index is 0.620. The van der Waals surface area contributed by atoms with Gasteiger partial charge >= 0.3 is 49.4 Å². The summed E-state index contributed by atoms with van der Waals surface area (Å²) in [5.74, 6) is 0. The molecule has 0 bridgehead atoms. The van der Waals surface area contributed by atoms with E-state index in [1.165, 1.54) is 0 Å². The van der Waals surface area contributed by atoms with Crippen LogP contribution < -0.4 is 0 Å². The van der Waals surface area contributed by atoms with Gasteiger partial charge in [-0.2, -0.15) is 0 Å². The first-order chi connectivity index (χ1) is 3.72. The van der Waals surface area contributed by atoms with Crippen LogP contribution in [-0.4, -0.2) is 12.7 Å². The van der Waals surface area contributed by atoms with Crippen molar-refractivity contribution in [1.82, 2.24) is 0 Å². The molecule has 0 aromatic heterocycles. The van der Waals surface area contributed by atoms with Gasteiger partial charge in [0.1, 0.15) is 0 Å². The fourth-order valence-corrected chi connectivity index (χ4v) is 0.314. The van der Waals surface area contributed by atoms with E-state index in [1.54, 1.807) is 6.92 Å². The fraction of sp³-hybridized carbons (Fsp3) is 0.500. The molecule has 0 aliphatic heterocycles. The average Bonchev–Trinajstić information content (AvgIpc) is 1.84. The summed E-state index contributed by atoms with van der Waals surface area (Å²) in [6.07, 6.45) is 1.88. The first-order valence-corrected chi connectivity index (χ1v) is 2.62. The van der Waals surface area contributed by atoms with Crippen molar-refractivity contribution >= 4 is 12.7 Å². The van der Waals surface area contributed by atoms with Crippen molar-refractivity contribution in [2.75, 3.05) is 0 Å².